The molecular weight excluding hydrogens is 394 g/mol. The molecule has 4 nitrogen and oxygen atoms in total. The van der Waals surface area contributed by atoms with Gasteiger partial charge in [-0.2, -0.15) is 0 Å². The Labute approximate surface area is 185 Å². The third-order valence-electron chi connectivity index (χ3n) is 6.78. The van der Waals surface area contributed by atoms with Crippen LogP contribution in [0.1, 0.15) is 19.4 Å². The number of hydrogen-bond donors (Lipinski definition) is 0. The summed E-state index contributed by atoms with van der Waals surface area (Å²) in [5, 5.41) is 2.19. The molecule has 1 aliphatic rings. The molecule has 0 saturated carbocycles. The summed E-state index contributed by atoms with van der Waals surface area (Å²) >= 11 is 0. The fourth-order valence-electron chi connectivity index (χ4n) is 5.28. The molecule has 0 amide bonds. The zero-order valence-electron chi connectivity index (χ0n) is 18.0. The third-order valence-corrected chi connectivity index (χ3v) is 6.78. The van der Waals surface area contributed by atoms with Crippen molar-refractivity contribution in [2.45, 2.75) is 25.8 Å². The smallest absolute Gasteiger partial charge is 0.163 e. The molecule has 0 saturated heterocycles. The lowest BCUT2D eigenvalue weighted by Crippen LogP contribution is -2.29. The third kappa shape index (κ3) is 2.27. The van der Waals surface area contributed by atoms with Gasteiger partial charge in [0.15, 0.2) is 5.58 Å². The highest BCUT2D eigenvalue weighted by molar-refractivity contribution is 6.16. The van der Waals surface area contributed by atoms with Crippen molar-refractivity contribution in [3.8, 4) is 22.6 Å². The van der Waals surface area contributed by atoms with Crippen molar-refractivity contribution in [1.82, 2.24) is 14.5 Å². The van der Waals surface area contributed by atoms with E-state index in [1.807, 2.05) is 24.4 Å². The number of imidazole rings is 1. The van der Waals surface area contributed by atoms with E-state index in [9.17, 15) is 0 Å². The van der Waals surface area contributed by atoms with E-state index >= 15 is 0 Å². The summed E-state index contributed by atoms with van der Waals surface area (Å²) in [5.74, 6) is 1.02. The van der Waals surface area contributed by atoms with Crippen LogP contribution in [0.5, 0.6) is 0 Å². The van der Waals surface area contributed by atoms with E-state index in [2.05, 4.69) is 78.0 Å². The predicted octanol–water partition coefficient (Wildman–Crippen LogP) is 6.96. The maximum Gasteiger partial charge on any atom is 0.163 e. The molecule has 0 aliphatic carbocycles. The molecule has 0 fully saturated rings. The van der Waals surface area contributed by atoms with Crippen molar-refractivity contribution in [2.75, 3.05) is 0 Å². The molecule has 0 N–H and O–H groups in total. The minimum absolute atomic E-state index is 0.0339. The molecule has 6 aromatic rings. The first-order chi connectivity index (χ1) is 15.6. The summed E-state index contributed by atoms with van der Waals surface area (Å²) in [7, 11) is 0. The fraction of sp³-hybridized carbons (Fsp3) is 0.143. The highest BCUT2D eigenvalue weighted by Gasteiger charge is 2.33. The quantitative estimate of drug-likeness (QED) is 0.292. The van der Waals surface area contributed by atoms with Gasteiger partial charge in [-0.1, -0.05) is 56.3 Å². The second-order valence-corrected chi connectivity index (χ2v) is 9.26. The molecule has 3 aromatic heterocycles. The van der Waals surface area contributed by atoms with Crippen LogP contribution in [0.3, 0.4) is 0 Å². The number of benzene rings is 3. The van der Waals surface area contributed by atoms with Crippen LogP contribution in [0.4, 0.5) is 0 Å². The van der Waals surface area contributed by atoms with Gasteiger partial charge in [0.2, 0.25) is 0 Å². The van der Waals surface area contributed by atoms with E-state index in [0.717, 1.165) is 56.6 Å². The van der Waals surface area contributed by atoms with Gasteiger partial charge in [-0.3, -0.25) is 4.98 Å². The first kappa shape index (κ1) is 17.7. The van der Waals surface area contributed by atoms with Crippen LogP contribution in [0.2, 0.25) is 0 Å². The number of pyridine rings is 1. The molecule has 4 heterocycles. The van der Waals surface area contributed by atoms with Crippen LogP contribution in [0.15, 0.2) is 83.4 Å². The number of rotatable bonds is 1. The molecule has 154 valence electrons. The zero-order valence-corrected chi connectivity index (χ0v) is 18.0. The van der Waals surface area contributed by atoms with Gasteiger partial charge in [-0.25, -0.2) is 4.98 Å². The average molecular weight is 415 g/mol. The lowest BCUT2D eigenvalue weighted by Gasteiger charge is -2.33. The van der Waals surface area contributed by atoms with Crippen LogP contribution in [-0.4, -0.2) is 14.5 Å². The second kappa shape index (κ2) is 6.07. The number of fused-ring (bicyclic) bond motifs is 9. The van der Waals surface area contributed by atoms with Gasteiger partial charge in [0, 0.05) is 40.1 Å². The molecule has 7 rings (SSSR count). The van der Waals surface area contributed by atoms with Crippen molar-refractivity contribution >= 4 is 33.0 Å². The molecule has 3 aromatic carbocycles. The number of nitrogens with zero attached hydrogens (tertiary/aromatic N) is 3. The Morgan fingerprint density at radius 3 is 2.50 bits per heavy atom. The molecule has 4 heteroatoms. The van der Waals surface area contributed by atoms with Gasteiger partial charge in [0.1, 0.15) is 16.9 Å². The maximum absolute atomic E-state index is 6.55. The molecule has 0 radical (unpaired) electrons. The normalized spacial score (nSPS) is 14.7. The first-order valence-corrected chi connectivity index (χ1v) is 11.0. The number of furan rings is 1. The summed E-state index contributed by atoms with van der Waals surface area (Å²) in [6, 6.07) is 25.2. The van der Waals surface area contributed by atoms with Crippen molar-refractivity contribution in [3.05, 3.63) is 84.6 Å². The highest BCUT2D eigenvalue weighted by atomic mass is 16.3. The largest absolute Gasteiger partial charge is 0.453 e. The van der Waals surface area contributed by atoms with Gasteiger partial charge < -0.3 is 8.98 Å². The Hall–Kier alpha value is -3.92. The van der Waals surface area contributed by atoms with Crippen molar-refractivity contribution < 1.29 is 4.42 Å². The fourth-order valence-corrected chi connectivity index (χ4v) is 5.28. The molecule has 0 bridgehead atoms. The first-order valence-electron chi connectivity index (χ1n) is 11.0. The summed E-state index contributed by atoms with van der Waals surface area (Å²) in [4.78, 5) is 9.69. The minimum Gasteiger partial charge on any atom is -0.453 e. The summed E-state index contributed by atoms with van der Waals surface area (Å²) in [6.07, 6.45) is 1.82. The zero-order chi connectivity index (χ0) is 21.4. The van der Waals surface area contributed by atoms with Crippen LogP contribution in [0, 0.1) is 0 Å². The Morgan fingerprint density at radius 2 is 1.62 bits per heavy atom. The van der Waals surface area contributed by atoms with Crippen LogP contribution in [0.25, 0.3) is 55.6 Å². The molecule has 1 aliphatic heterocycles. The standard InChI is InChI=1S/C28H21N3O/c1-28(2)16-31-23-14-13-18-17-9-7-10-20(22-12-5-6-15-29-22)25(17)32-26(18)24(23)30-27(31)19-8-3-4-11-21(19)28/h3-15H,16H2,1-2H3. The van der Waals surface area contributed by atoms with Crippen molar-refractivity contribution in [1.29, 1.82) is 0 Å². The van der Waals surface area contributed by atoms with Gasteiger partial charge in [-0.15, -0.1) is 0 Å². The van der Waals surface area contributed by atoms with E-state index in [1.54, 1.807) is 0 Å². The van der Waals surface area contributed by atoms with Crippen LogP contribution < -0.4 is 0 Å². The van der Waals surface area contributed by atoms with E-state index in [0.29, 0.717) is 0 Å². The Kier molecular flexibility index (Phi) is 3.36. The molecule has 32 heavy (non-hydrogen) atoms. The lowest BCUT2D eigenvalue weighted by molar-refractivity contribution is 0.432. The Balaban J connectivity index is 1.56. The Morgan fingerprint density at radius 1 is 0.812 bits per heavy atom. The minimum atomic E-state index is 0.0339. The number of aromatic nitrogens is 3. The maximum atomic E-state index is 6.55. The van der Waals surface area contributed by atoms with Gasteiger partial charge in [-0.05, 0) is 35.9 Å². The van der Waals surface area contributed by atoms with Crippen molar-refractivity contribution in [2.24, 2.45) is 0 Å². The summed E-state index contributed by atoms with van der Waals surface area (Å²) < 4.78 is 8.90. The van der Waals surface area contributed by atoms with E-state index in [4.69, 9.17) is 9.40 Å². The van der Waals surface area contributed by atoms with E-state index in [1.165, 1.54) is 11.1 Å². The topological polar surface area (TPSA) is 43.9 Å². The molecule has 0 unspecified atom stereocenters. The summed E-state index contributed by atoms with van der Waals surface area (Å²) in [6.45, 7) is 5.50. The van der Waals surface area contributed by atoms with Crippen LogP contribution in [-0.2, 0) is 12.0 Å². The van der Waals surface area contributed by atoms with E-state index in [-0.39, 0.29) is 5.41 Å². The van der Waals surface area contributed by atoms with Gasteiger partial charge in [0.05, 0.1) is 11.2 Å². The van der Waals surface area contributed by atoms with E-state index < -0.39 is 0 Å². The second-order valence-electron chi connectivity index (χ2n) is 9.26. The highest BCUT2D eigenvalue weighted by Crippen LogP contribution is 2.44. The molecule has 0 atom stereocenters. The van der Waals surface area contributed by atoms with Gasteiger partial charge >= 0.3 is 0 Å². The predicted molar refractivity (Wildman–Crippen MR) is 129 cm³/mol. The summed E-state index contributed by atoms with van der Waals surface area (Å²) in [5.41, 5.74) is 8.25. The Bertz CT molecular complexity index is 1670. The number of para-hydroxylation sites is 1. The van der Waals surface area contributed by atoms with Crippen LogP contribution >= 0.6 is 0 Å². The average Bonchev–Trinajstić information content (AvgIpc) is 3.38. The lowest BCUT2D eigenvalue weighted by atomic mass is 9.79. The molecular formula is C28H21N3O. The molecule has 0 spiro atoms. The monoisotopic (exact) mass is 415 g/mol. The number of hydrogen-bond acceptors (Lipinski definition) is 3. The van der Waals surface area contributed by atoms with Crippen molar-refractivity contribution in [3.63, 3.8) is 0 Å². The SMILES string of the molecule is CC1(C)Cn2c(nc3c4oc5c(-c6ccccn6)cccc5c4ccc32)-c2ccccc21. The van der Waals surface area contributed by atoms with Gasteiger partial charge in [0.25, 0.3) is 0 Å².